The Balaban J connectivity index is 1.76. The second-order valence-corrected chi connectivity index (χ2v) is 8.59. The number of carbonyl (C=O) groups is 2. The zero-order chi connectivity index (χ0) is 23.4. The molecule has 0 saturated carbocycles. The minimum absolute atomic E-state index is 0.0691. The van der Waals surface area contributed by atoms with Gasteiger partial charge in [-0.1, -0.05) is 48.7 Å². The first-order chi connectivity index (χ1) is 15.2. The van der Waals surface area contributed by atoms with Crippen molar-refractivity contribution in [1.82, 2.24) is 4.98 Å². The lowest BCUT2D eigenvalue weighted by Gasteiger charge is -2.07. The summed E-state index contributed by atoms with van der Waals surface area (Å²) in [5, 5.41) is 1.10. The third kappa shape index (κ3) is 5.82. The lowest BCUT2D eigenvalue weighted by atomic mass is 10.0. The molecule has 32 heavy (non-hydrogen) atoms. The van der Waals surface area contributed by atoms with E-state index in [0.29, 0.717) is 44.9 Å². The maximum absolute atomic E-state index is 12.7. The Morgan fingerprint density at radius 3 is 2.44 bits per heavy atom. The Kier molecular flexibility index (Phi) is 7.82. The smallest absolute Gasteiger partial charge is 0.352 e. The molecule has 9 heteroatoms. The number of rotatable bonds is 8. The van der Waals surface area contributed by atoms with Gasteiger partial charge in [0.25, 0.3) is 0 Å². The molecule has 0 N–H and O–H groups in total. The fourth-order valence-electron chi connectivity index (χ4n) is 2.99. The number of aromatic nitrogens is 1. The zero-order valence-corrected chi connectivity index (χ0v) is 19.8. The molecule has 0 aliphatic rings. The fourth-order valence-corrected chi connectivity index (χ4v) is 3.69. The van der Waals surface area contributed by atoms with Gasteiger partial charge in [0.15, 0.2) is 11.5 Å². The van der Waals surface area contributed by atoms with Gasteiger partial charge in [0.05, 0.1) is 21.3 Å². The monoisotopic (exact) mass is 495 g/mol. The van der Waals surface area contributed by atoms with Gasteiger partial charge in [-0.2, -0.15) is 0 Å². The average molecular weight is 497 g/mol. The molecule has 1 heterocycles. The van der Waals surface area contributed by atoms with Gasteiger partial charge < -0.3 is 4.42 Å². The van der Waals surface area contributed by atoms with E-state index in [1.807, 2.05) is 13.8 Å². The lowest BCUT2D eigenvalue weighted by Crippen LogP contribution is -2.05. The van der Waals surface area contributed by atoms with Crippen LogP contribution in [0.3, 0.4) is 0 Å². The maximum Gasteiger partial charge on any atom is 0.352 e. The fraction of sp³-hybridized carbons (Fsp3) is 0.261. The van der Waals surface area contributed by atoms with Crippen LogP contribution in [0.1, 0.15) is 54.9 Å². The molecule has 0 spiro atoms. The van der Waals surface area contributed by atoms with E-state index >= 15 is 0 Å². The number of aryl methyl sites for hydroxylation is 1. The number of oxazole rings is 1. The maximum atomic E-state index is 12.7. The van der Waals surface area contributed by atoms with Gasteiger partial charge in [0.1, 0.15) is 5.76 Å². The summed E-state index contributed by atoms with van der Waals surface area (Å²) in [4.78, 5) is 37.5. The van der Waals surface area contributed by atoms with Gasteiger partial charge in [-0.05, 0) is 36.4 Å². The number of hydrogen-bond acceptors (Lipinski definition) is 6. The number of Topliss-reactive ketones (excluding diaryl/α,β-unsaturated/α-hetero) is 1. The molecule has 0 aliphatic heterocycles. The number of carbonyl (C=O) groups excluding carboxylic acids is 2. The van der Waals surface area contributed by atoms with Crippen molar-refractivity contribution in [2.45, 2.75) is 39.5 Å². The van der Waals surface area contributed by atoms with Gasteiger partial charge in [0, 0.05) is 36.3 Å². The minimum Gasteiger partial charge on any atom is -0.441 e. The third-order valence-electron chi connectivity index (χ3n) is 4.50. The summed E-state index contributed by atoms with van der Waals surface area (Å²) in [6, 6.07) is 9.57. The van der Waals surface area contributed by atoms with Crippen LogP contribution in [0, 0.1) is 0 Å². The summed E-state index contributed by atoms with van der Waals surface area (Å²) in [5.74, 6) is 0.541. The third-order valence-corrected chi connectivity index (χ3v) is 5.35. The van der Waals surface area contributed by atoms with E-state index in [1.54, 1.807) is 24.3 Å². The molecule has 0 bridgehead atoms. The molecular weight excluding hydrogens is 477 g/mol. The van der Waals surface area contributed by atoms with Gasteiger partial charge >= 0.3 is 5.97 Å². The Morgan fingerprint density at radius 2 is 1.81 bits per heavy atom. The number of ketones is 1. The highest BCUT2D eigenvalue weighted by Gasteiger charge is 2.20. The van der Waals surface area contributed by atoms with Crippen molar-refractivity contribution in [3.63, 3.8) is 0 Å². The van der Waals surface area contributed by atoms with Crippen LogP contribution in [0.4, 0.5) is 0 Å². The van der Waals surface area contributed by atoms with E-state index in [-0.39, 0.29) is 28.9 Å². The first kappa shape index (κ1) is 24.1. The highest BCUT2D eigenvalue weighted by atomic mass is 35.5. The van der Waals surface area contributed by atoms with Crippen molar-refractivity contribution in [2.24, 2.45) is 0 Å². The molecule has 1 aromatic heterocycles. The normalized spacial score (nSPS) is 11.0. The molecule has 0 atom stereocenters. The predicted octanol–water partition coefficient (Wildman–Crippen LogP) is 7.10. The van der Waals surface area contributed by atoms with E-state index in [0.717, 1.165) is 0 Å². The number of nitrogens with zero attached hydrogens (tertiary/aromatic N) is 1. The zero-order valence-electron chi connectivity index (χ0n) is 17.6. The molecule has 3 rings (SSSR count). The van der Waals surface area contributed by atoms with E-state index in [1.165, 1.54) is 19.1 Å². The first-order valence-corrected chi connectivity index (χ1v) is 10.9. The van der Waals surface area contributed by atoms with E-state index in [9.17, 15) is 9.59 Å². The number of benzene rings is 2. The minimum atomic E-state index is -0.617. The van der Waals surface area contributed by atoms with Gasteiger partial charge in [-0.3, -0.25) is 14.6 Å². The Morgan fingerprint density at radius 1 is 1.06 bits per heavy atom. The molecule has 0 aliphatic carbocycles. The summed E-state index contributed by atoms with van der Waals surface area (Å²) in [5.41, 5.74) is 1.72. The first-order valence-electron chi connectivity index (χ1n) is 9.78. The Bertz CT molecular complexity index is 1160. The van der Waals surface area contributed by atoms with Crippen LogP contribution in [0.2, 0.25) is 15.1 Å². The van der Waals surface area contributed by atoms with Crippen molar-refractivity contribution in [1.29, 1.82) is 0 Å². The van der Waals surface area contributed by atoms with Crippen LogP contribution in [0.25, 0.3) is 11.5 Å². The van der Waals surface area contributed by atoms with Gasteiger partial charge in [0.2, 0.25) is 5.89 Å². The van der Waals surface area contributed by atoms with Crippen molar-refractivity contribution >= 4 is 46.6 Å². The summed E-state index contributed by atoms with van der Waals surface area (Å²) < 4.78 is 5.97. The highest BCUT2D eigenvalue weighted by Crippen LogP contribution is 2.33. The second kappa shape index (κ2) is 10.4. The molecule has 6 nitrogen and oxygen atoms in total. The summed E-state index contributed by atoms with van der Waals surface area (Å²) >= 11 is 18.4. The Hall–Kier alpha value is -2.54. The molecule has 0 amide bonds. The molecule has 0 saturated heterocycles. The van der Waals surface area contributed by atoms with Gasteiger partial charge in [-0.25, -0.2) is 9.78 Å². The summed E-state index contributed by atoms with van der Waals surface area (Å²) in [7, 11) is 0. The quantitative estimate of drug-likeness (QED) is 0.188. The molecular formula is C23H20Cl3NO5. The van der Waals surface area contributed by atoms with Crippen LogP contribution in [0.15, 0.2) is 40.8 Å². The lowest BCUT2D eigenvalue weighted by molar-refractivity contribution is -0.210. The van der Waals surface area contributed by atoms with E-state index < -0.39 is 5.97 Å². The van der Waals surface area contributed by atoms with Crippen LogP contribution in [-0.2, 0) is 16.1 Å². The molecule has 3 aromatic rings. The standard InChI is InChI=1S/C23H20Cl3NO5/c1-12(2)22-19(27-23(30-22)16-6-5-15(24)11-17(16)25)7-8-20(29)14-4-9-21(18(26)10-14)32-31-13(3)28/h4-6,9-12H,7-8H2,1-3H3. The number of hydrogen-bond donors (Lipinski definition) is 0. The number of halogens is 3. The van der Waals surface area contributed by atoms with Crippen LogP contribution in [-0.4, -0.2) is 16.7 Å². The molecule has 0 unspecified atom stereocenters. The van der Waals surface area contributed by atoms with Crippen molar-refractivity contribution in [3.8, 4) is 17.2 Å². The van der Waals surface area contributed by atoms with Crippen LogP contribution >= 0.6 is 34.8 Å². The van der Waals surface area contributed by atoms with E-state index in [2.05, 4.69) is 9.87 Å². The van der Waals surface area contributed by atoms with Crippen molar-refractivity contribution in [3.05, 3.63) is 68.5 Å². The largest absolute Gasteiger partial charge is 0.441 e. The predicted molar refractivity (Wildman–Crippen MR) is 123 cm³/mol. The average Bonchev–Trinajstić information content (AvgIpc) is 3.15. The summed E-state index contributed by atoms with van der Waals surface area (Å²) in [6.07, 6.45) is 0.574. The molecule has 0 radical (unpaired) electrons. The SMILES string of the molecule is CC(=O)OOc1ccc(C(=O)CCc2nc(-c3ccc(Cl)cc3Cl)oc2C(C)C)cc1Cl. The van der Waals surface area contributed by atoms with Crippen LogP contribution < -0.4 is 4.89 Å². The second-order valence-electron chi connectivity index (χ2n) is 7.34. The van der Waals surface area contributed by atoms with Crippen LogP contribution in [0.5, 0.6) is 5.75 Å². The Labute approximate surface area is 200 Å². The summed E-state index contributed by atoms with van der Waals surface area (Å²) in [6.45, 7) is 5.18. The topological polar surface area (TPSA) is 78.6 Å². The van der Waals surface area contributed by atoms with Gasteiger partial charge in [-0.15, -0.1) is 0 Å². The molecule has 2 aromatic carbocycles. The van der Waals surface area contributed by atoms with Crippen molar-refractivity contribution in [2.75, 3.05) is 0 Å². The van der Waals surface area contributed by atoms with E-state index in [4.69, 9.17) is 44.1 Å². The van der Waals surface area contributed by atoms with Crippen molar-refractivity contribution < 1.29 is 23.8 Å². The molecule has 168 valence electrons. The highest BCUT2D eigenvalue weighted by molar-refractivity contribution is 6.36. The molecule has 0 fully saturated rings.